The Morgan fingerprint density at radius 3 is 2.61 bits per heavy atom. The summed E-state index contributed by atoms with van der Waals surface area (Å²) in [6, 6.07) is 4.93. The molecule has 0 spiro atoms. The van der Waals surface area contributed by atoms with E-state index in [1.807, 2.05) is 13.8 Å². The second-order valence-corrected chi connectivity index (χ2v) is 5.92. The van der Waals surface area contributed by atoms with E-state index in [4.69, 9.17) is 33.0 Å². The fourth-order valence-electron chi connectivity index (χ4n) is 2.12. The van der Waals surface area contributed by atoms with Crippen LogP contribution in [0.4, 0.5) is 0 Å². The number of carbonyl (C=O) groups is 2. The molecule has 1 N–H and O–H groups in total. The number of aliphatic carboxylic acids is 1. The molecule has 0 amide bonds. The highest BCUT2D eigenvalue weighted by atomic mass is 35.5. The summed E-state index contributed by atoms with van der Waals surface area (Å²) in [5.74, 6) is -2.04. The van der Waals surface area contributed by atoms with E-state index in [2.05, 4.69) is 5.10 Å². The summed E-state index contributed by atoms with van der Waals surface area (Å²) in [6.07, 6.45) is 1.34. The summed E-state index contributed by atoms with van der Waals surface area (Å²) in [7, 11) is 0. The SMILES string of the molecule is CC(C)c1c(C(=O)OCC(=O)O)cnn1-c1ccc(Cl)cc1Cl. The Labute approximate surface area is 142 Å². The Kier molecular flexibility index (Phi) is 5.28. The molecule has 8 heteroatoms. The van der Waals surface area contributed by atoms with Crippen LogP contribution >= 0.6 is 23.2 Å². The minimum Gasteiger partial charge on any atom is -0.479 e. The first-order valence-electron chi connectivity index (χ1n) is 6.73. The predicted molar refractivity (Wildman–Crippen MR) is 85.6 cm³/mol. The molecule has 0 unspecified atom stereocenters. The van der Waals surface area contributed by atoms with Crippen molar-refractivity contribution in [1.29, 1.82) is 0 Å². The van der Waals surface area contributed by atoms with E-state index in [0.717, 1.165) is 0 Å². The fourth-order valence-corrected chi connectivity index (χ4v) is 2.61. The maximum absolute atomic E-state index is 12.1. The van der Waals surface area contributed by atoms with Gasteiger partial charge in [0.2, 0.25) is 0 Å². The Morgan fingerprint density at radius 2 is 2.04 bits per heavy atom. The highest BCUT2D eigenvalue weighted by Crippen LogP contribution is 2.29. The van der Waals surface area contributed by atoms with E-state index in [1.165, 1.54) is 10.9 Å². The van der Waals surface area contributed by atoms with Crippen LogP contribution in [0.2, 0.25) is 10.0 Å². The van der Waals surface area contributed by atoms with Crippen LogP contribution in [0.1, 0.15) is 35.8 Å². The average molecular weight is 357 g/mol. The maximum atomic E-state index is 12.1. The Hall–Kier alpha value is -2.05. The van der Waals surface area contributed by atoms with Gasteiger partial charge in [-0.2, -0.15) is 5.10 Å². The molecule has 23 heavy (non-hydrogen) atoms. The van der Waals surface area contributed by atoms with Crippen LogP contribution in [0.15, 0.2) is 24.4 Å². The molecule has 0 fully saturated rings. The molecule has 2 aromatic rings. The van der Waals surface area contributed by atoms with Crippen molar-refractivity contribution in [3.8, 4) is 5.69 Å². The van der Waals surface area contributed by atoms with Crippen molar-refractivity contribution >= 4 is 35.1 Å². The van der Waals surface area contributed by atoms with Crippen molar-refractivity contribution in [2.24, 2.45) is 0 Å². The lowest BCUT2D eigenvalue weighted by Crippen LogP contribution is -2.15. The molecule has 2 rings (SSSR count). The zero-order chi connectivity index (χ0) is 17.1. The summed E-state index contributed by atoms with van der Waals surface area (Å²) in [4.78, 5) is 22.6. The number of rotatable bonds is 5. The summed E-state index contributed by atoms with van der Waals surface area (Å²) >= 11 is 12.1. The van der Waals surface area contributed by atoms with Crippen molar-refractivity contribution in [1.82, 2.24) is 9.78 Å². The zero-order valence-corrected chi connectivity index (χ0v) is 13.9. The summed E-state index contributed by atoms with van der Waals surface area (Å²) in [6.45, 7) is 3.06. The minimum absolute atomic E-state index is 0.0726. The lowest BCUT2D eigenvalue weighted by molar-refractivity contribution is -0.140. The first kappa shape index (κ1) is 17.3. The Morgan fingerprint density at radius 1 is 1.35 bits per heavy atom. The van der Waals surface area contributed by atoms with Crippen LogP contribution in [0.5, 0.6) is 0 Å². The molecule has 1 aromatic carbocycles. The maximum Gasteiger partial charge on any atom is 0.342 e. The normalized spacial score (nSPS) is 10.8. The van der Waals surface area contributed by atoms with Gasteiger partial charge < -0.3 is 9.84 Å². The number of hydrogen-bond acceptors (Lipinski definition) is 4. The molecule has 6 nitrogen and oxygen atoms in total. The van der Waals surface area contributed by atoms with Crippen molar-refractivity contribution in [2.45, 2.75) is 19.8 Å². The number of carboxylic acids is 1. The van der Waals surface area contributed by atoms with Gasteiger partial charge in [-0.1, -0.05) is 37.0 Å². The van der Waals surface area contributed by atoms with E-state index in [9.17, 15) is 9.59 Å². The number of nitrogens with zero attached hydrogens (tertiary/aromatic N) is 2. The van der Waals surface area contributed by atoms with Crippen LogP contribution in [0.25, 0.3) is 5.69 Å². The third-order valence-corrected chi connectivity index (χ3v) is 3.58. The molecular weight excluding hydrogens is 343 g/mol. The van der Waals surface area contributed by atoms with Crippen LogP contribution in [0.3, 0.4) is 0 Å². The Balaban J connectivity index is 2.46. The molecule has 0 aliphatic carbocycles. The van der Waals surface area contributed by atoms with Crippen LogP contribution < -0.4 is 0 Å². The highest BCUT2D eigenvalue weighted by Gasteiger charge is 2.23. The molecule has 0 aliphatic heterocycles. The molecule has 0 saturated heterocycles. The average Bonchev–Trinajstić information content (AvgIpc) is 2.89. The number of aromatic nitrogens is 2. The summed E-state index contributed by atoms with van der Waals surface area (Å²) in [5, 5.41) is 13.7. The lowest BCUT2D eigenvalue weighted by atomic mass is 10.1. The number of halogens is 2. The van der Waals surface area contributed by atoms with Crippen molar-refractivity contribution in [3.63, 3.8) is 0 Å². The van der Waals surface area contributed by atoms with E-state index < -0.39 is 18.5 Å². The van der Waals surface area contributed by atoms with Crippen LogP contribution in [-0.2, 0) is 9.53 Å². The van der Waals surface area contributed by atoms with Gasteiger partial charge in [0.1, 0.15) is 5.56 Å². The second kappa shape index (κ2) is 7.02. The van der Waals surface area contributed by atoms with Gasteiger partial charge in [0.05, 0.1) is 22.6 Å². The lowest BCUT2D eigenvalue weighted by Gasteiger charge is -2.13. The fraction of sp³-hybridized carbons (Fsp3) is 0.267. The predicted octanol–water partition coefficient (Wildman–Crippen LogP) is 3.54. The molecular formula is C15H14Cl2N2O4. The topological polar surface area (TPSA) is 81.4 Å². The van der Waals surface area contributed by atoms with Gasteiger partial charge in [0, 0.05) is 5.02 Å². The van der Waals surface area contributed by atoms with Crippen molar-refractivity contribution in [2.75, 3.05) is 6.61 Å². The number of esters is 1. The molecule has 1 aromatic heterocycles. The minimum atomic E-state index is -1.22. The molecule has 0 radical (unpaired) electrons. The van der Waals surface area contributed by atoms with Crippen LogP contribution in [-0.4, -0.2) is 33.4 Å². The third kappa shape index (κ3) is 3.83. The number of ether oxygens (including phenoxy) is 1. The quantitative estimate of drug-likeness (QED) is 0.828. The van der Waals surface area contributed by atoms with Crippen molar-refractivity contribution in [3.05, 3.63) is 45.7 Å². The van der Waals surface area contributed by atoms with Gasteiger partial charge in [-0.05, 0) is 24.1 Å². The largest absolute Gasteiger partial charge is 0.479 e. The molecule has 0 bridgehead atoms. The van der Waals surface area contributed by atoms with E-state index in [0.29, 0.717) is 21.4 Å². The number of carboxylic acid groups (broad SMARTS) is 1. The van der Waals surface area contributed by atoms with Gasteiger partial charge in [-0.15, -0.1) is 0 Å². The summed E-state index contributed by atoms with van der Waals surface area (Å²) in [5.41, 5.74) is 1.34. The van der Waals surface area contributed by atoms with Gasteiger partial charge in [0.15, 0.2) is 6.61 Å². The number of benzene rings is 1. The molecule has 1 heterocycles. The monoisotopic (exact) mass is 356 g/mol. The summed E-state index contributed by atoms with van der Waals surface area (Å²) < 4.78 is 6.26. The van der Waals surface area contributed by atoms with Gasteiger partial charge in [-0.25, -0.2) is 14.3 Å². The van der Waals surface area contributed by atoms with E-state index >= 15 is 0 Å². The highest BCUT2D eigenvalue weighted by molar-refractivity contribution is 6.35. The zero-order valence-electron chi connectivity index (χ0n) is 12.4. The van der Waals surface area contributed by atoms with Crippen molar-refractivity contribution < 1.29 is 19.4 Å². The van der Waals surface area contributed by atoms with Gasteiger partial charge in [0.25, 0.3) is 0 Å². The molecule has 122 valence electrons. The Bertz CT molecular complexity index is 756. The first-order valence-corrected chi connectivity index (χ1v) is 7.49. The van der Waals surface area contributed by atoms with Gasteiger partial charge >= 0.3 is 11.9 Å². The second-order valence-electron chi connectivity index (χ2n) is 5.08. The van der Waals surface area contributed by atoms with Gasteiger partial charge in [-0.3, -0.25) is 0 Å². The smallest absolute Gasteiger partial charge is 0.342 e. The third-order valence-electron chi connectivity index (χ3n) is 3.04. The number of carbonyl (C=O) groups excluding carboxylic acids is 1. The van der Waals surface area contributed by atoms with E-state index in [1.54, 1.807) is 18.2 Å². The standard InChI is InChI=1S/C15H14Cl2N2O4/c1-8(2)14-10(15(22)23-7-13(20)21)6-18-19(14)12-4-3-9(16)5-11(12)17/h3-6,8H,7H2,1-2H3,(H,20,21). The first-order chi connectivity index (χ1) is 10.8. The molecule has 0 atom stereocenters. The molecule has 0 saturated carbocycles. The van der Waals surface area contributed by atoms with E-state index in [-0.39, 0.29) is 11.5 Å². The van der Waals surface area contributed by atoms with Crippen LogP contribution in [0, 0.1) is 0 Å². The number of hydrogen-bond donors (Lipinski definition) is 1. The molecule has 0 aliphatic rings.